The third-order valence-electron chi connectivity index (χ3n) is 2.06. The van der Waals surface area contributed by atoms with Crippen LogP contribution in [0.1, 0.15) is 26.3 Å². The molecule has 1 atom stereocenters. The average molecular weight is 194 g/mol. The molecule has 0 radical (unpaired) electrons. The Morgan fingerprint density at radius 1 is 1.23 bits per heavy atom. The second-order valence-electron chi connectivity index (χ2n) is 3.23. The van der Waals surface area contributed by atoms with Crippen molar-refractivity contribution in [2.45, 2.75) is 32.1 Å². The quantitative estimate of drug-likeness (QED) is 0.601. The Kier molecular flexibility index (Phi) is 4.37. The van der Waals surface area contributed by atoms with Gasteiger partial charge in [-0.15, -0.1) is 11.8 Å². The van der Waals surface area contributed by atoms with Crippen molar-refractivity contribution >= 4 is 11.8 Å². The normalized spacial score (nSPS) is 19.8. The van der Waals surface area contributed by atoms with E-state index >= 15 is 0 Å². The van der Waals surface area contributed by atoms with Crippen molar-refractivity contribution in [3.8, 4) is 0 Å². The van der Waals surface area contributed by atoms with Gasteiger partial charge in [0.2, 0.25) is 0 Å². The van der Waals surface area contributed by atoms with Crippen molar-refractivity contribution < 1.29 is 0 Å². The largest absolute Gasteiger partial charge is 0.126 e. The maximum Gasteiger partial charge on any atom is 0.0104 e. The first-order valence-corrected chi connectivity index (χ1v) is 6.05. The Labute approximate surface area is 85.7 Å². The lowest BCUT2D eigenvalue weighted by molar-refractivity contribution is 0.640. The highest BCUT2D eigenvalue weighted by atomic mass is 32.2. The summed E-state index contributed by atoms with van der Waals surface area (Å²) in [6, 6.07) is 8.74. The molecule has 0 amide bonds. The van der Waals surface area contributed by atoms with Gasteiger partial charge in [0.05, 0.1) is 0 Å². The first-order valence-electron chi connectivity index (χ1n) is 5.07. The smallest absolute Gasteiger partial charge is 0.0104 e. The minimum Gasteiger partial charge on any atom is -0.126 e. The summed E-state index contributed by atoms with van der Waals surface area (Å²) >= 11 is 2.00. The van der Waals surface area contributed by atoms with E-state index in [0.717, 1.165) is 5.92 Å². The highest BCUT2D eigenvalue weighted by Gasteiger charge is 2.13. The number of benzene rings is 1. The van der Waals surface area contributed by atoms with Gasteiger partial charge < -0.3 is 0 Å². The van der Waals surface area contributed by atoms with E-state index in [1.54, 1.807) is 0 Å². The Balaban J connectivity index is 0.000000396. The third kappa shape index (κ3) is 2.77. The Morgan fingerprint density at radius 3 is 2.69 bits per heavy atom. The zero-order valence-electron chi connectivity index (χ0n) is 8.71. The molecule has 0 nitrogen and oxygen atoms in total. The summed E-state index contributed by atoms with van der Waals surface area (Å²) in [4.78, 5) is 1.49. The van der Waals surface area contributed by atoms with E-state index in [-0.39, 0.29) is 0 Å². The van der Waals surface area contributed by atoms with Crippen molar-refractivity contribution in [1.29, 1.82) is 0 Å². The summed E-state index contributed by atoms with van der Waals surface area (Å²) in [5.41, 5.74) is 1.54. The fraction of sp³-hybridized carbons (Fsp3) is 0.500. The van der Waals surface area contributed by atoms with Crippen molar-refractivity contribution in [1.82, 2.24) is 0 Å². The van der Waals surface area contributed by atoms with Gasteiger partial charge in [-0.25, -0.2) is 0 Å². The lowest BCUT2D eigenvalue weighted by Crippen LogP contribution is -2.08. The molecule has 1 aromatic rings. The summed E-state index contributed by atoms with van der Waals surface area (Å²) in [5, 5.41) is 0. The number of hydrogen-bond acceptors (Lipinski definition) is 1. The molecule has 0 aromatic heterocycles. The summed E-state index contributed by atoms with van der Waals surface area (Å²) in [7, 11) is 0. The van der Waals surface area contributed by atoms with Crippen LogP contribution in [-0.4, -0.2) is 5.75 Å². The molecule has 0 saturated heterocycles. The highest BCUT2D eigenvalue weighted by Crippen LogP contribution is 2.31. The highest BCUT2D eigenvalue weighted by molar-refractivity contribution is 7.99. The van der Waals surface area contributed by atoms with Crippen molar-refractivity contribution in [2.75, 3.05) is 5.75 Å². The monoisotopic (exact) mass is 194 g/mol. The van der Waals surface area contributed by atoms with Crippen LogP contribution in [0.5, 0.6) is 0 Å². The zero-order chi connectivity index (χ0) is 9.68. The van der Waals surface area contributed by atoms with Gasteiger partial charge in [-0.05, 0) is 24.0 Å². The molecule has 0 saturated carbocycles. The minimum atomic E-state index is 0.856. The van der Waals surface area contributed by atoms with Gasteiger partial charge in [0.15, 0.2) is 0 Å². The lowest BCUT2D eigenvalue weighted by atomic mass is 10.0. The SMILES string of the molecule is CC.CC1CSc2ccccc2C1. The number of fused-ring (bicyclic) bond motifs is 1. The van der Waals surface area contributed by atoms with Gasteiger partial charge in [0, 0.05) is 10.6 Å². The van der Waals surface area contributed by atoms with Crippen LogP contribution in [0.2, 0.25) is 0 Å². The van der Waals surface area contributed by atoms with Crippen molar-refractivity contribution in [3.63, 3.8) is 0 Å². The fourth-order valence-electron chi connectivity index (χ4n) is 1.48. The maximum atomic E-state index is 2.32. The van der Waals surface area contributed by atoms with Crippen LogP contribution in [0.4, 0.5) is 0 Å². The number of rotatable bonds is 0. The number of hydrogen-bond donors (Lipinski definition) is 0. The van der Waals surface area contributed by atoms with Gasteiger partial charge in [-0.3, -0.25) is 0 Å². The molecule has 0 bridgehead atoms. The summed E-state index contributed by atoms with van der Waals surface area (Å²) in [5.74, 6) is 2.15. The van der Waals surface area contributed by atoms with Crippen LogP contribution in [0.25, 0.3) is 0 Å². The molecule has 0 fully saturated rings. The molecular weight excluding hydrogens is 176 g/mol. The maximum absolute atomic E-state index is 2.32. The Bertz CT molecular complexity index is 255. The van der Waals surface area contributed by atoms with Crippen molar-refractivity contribution in [2.24, 2.45) is 5.92 Å². The molecular formula is C12H18S. The second kappa shape index (κ2) is 5.33. The standard InChI is InChI=1S/C10H12S.C2H6/c1-8-6-9-4-2-3-5-10(9)11-7-8;1-2/h2-5,8H,6-7H2,1H3;1-2H3. The van der Waals surface area contributed by atoms with Crippen LogP contribution >= 0.6 is 11.8 Å². The minimum absolute atomic E-state index is 0.856. The third-order valence-corrected chi connectivity index (χ3v) is 3.51. The summed E-state index contributed by atoms with van der Waals surface area (Å²) < 4.78 is 0. The van der Waals surface area contributed by atoms with Crippen LogP contribution in [0.15, 0.2) is 29.2 Å². The van der Waals surface area contributed by atoms with E-state index in [0.29, 0.717) is 0 Å². The van der Waals surface area contributed by atoms with Crippen molar-refractivity contribution in [3.05, 3.63) is 29.8 Å². The van der Waals surface area contributed by atoms with E-state index in [2.05, 4.69) is 31.2 Å². The first-order chi connectivity index (χ1) is 6.36. The second-order valence-corrected chi connectivity index (χ2v) is 4.29. The Morgan fingerprint density at radius 2 is 1.92 bits per heavy atom. The molecule has 1 unspecified atom stereocenters. The van der Waals surface area contributed by atoms with Crippen LogP contribution in [-0.2, 0) is 6.42 Å². The topological polar surface area (TPSA) is 0 Å². The first kappa shape index (κ1) is 10.6. The van der Waals surface area contributed by atoms with Gasteiger partial charge in [-0.2, -0.15) is 0 Å². The van der Waals surface area contributed by atoms with Gasteiger partial charge in [-0.1, -0.05) is 39.0 Å². The Hall–Kier alpha value is -0.430. The van der Waals surface area contributed by atoms with E-state index in [1.165, 1.54) is 22.6 Å². The van der Waals surface area contributed by atoms with Crippen LogP contribution in [0, 0.1) is 5.92 Å². The van der Waals surface area contributed by atoms with E-state index < -0.39 is 0 Å². The lowest BCUT2D eigenvalue weighted by Gasteiger charge is -2.20. The van der Waals surface area contributed by atoms with Crippen LogP contribution in [0.3, 0.4) is 0 Å². The molecule has 0 N–H and O–H groups in total. The summed E-state index contributed by atoms with van der Waals surface area (Å²) in [6.07, 6.45) is 1.27. The molecule has 1 heteroatoms. The molecule has 1 aliphatic heterocycles. The average Bonchev–Trinajstić information content (AvgIpc) is 2.21. The van der Waals surface area contributed by atoms with Gasteiger partial charge in [0.1, 0.15) is 0 Å². The van der Waals surface area contributed by atoms with E-state index in [9.17, 15) is 0 Å². The molecule has 13 heavy (non-hydrogen) atoms. The number of thioether (sulfide) groups is 1. The predicted molar refractivity (Wildman–Crippen MR) is 61.4 cm³/mol. The van der Waals surface area contributed by atoms with Gasteiger partial charge >= 0.3 is 0 Å². The van der Waals surface area contributed by atoms with E-state index in [4.69, 9.17) is 0 Å². The molecule has 2 rings (SSSR count). The van der Waals surface area contributed by atoms with Gasteiger partial charge in [0.25, 0.3) is 0 Å². The van der Waals surface area contributed by atoms with Crippen LogP contribution < -0.4 is 0 Å². The molecule has 72 valence electrons. The molecule has 0 spiro atoms. The predicted octanol–water partition coefficient (Wildman–Crippen LogP) is 4.00. The molecule has 1 heterocycles. The molecule has 1 aromatic carbocycles. The zero-order valence-corrected chi connectivity index (χ0v) is 9.53. The van der Waals surface area contributed by atoms with E-state index in [1.807, 2.05) is 25.6 Å². The molecule has 0 aliphatic carbocycles. The summed E-state index contributed by atoms with van der Waals surface area (Å²) in [6.45, 7) is 6.32. The fourth-order valence-corrected chi connectivity index (χ4v) is 2.57. The molecule has 1 aliphatic rings.